The standard InChI is InChI=1S/C11H14/c1-3-5-7-9-11-10-8-6-4-2/h3-9,11H,1-2,10H2/b7-5-,8-6+,11-9-. The molecule has 0 spiro atoms. The molecule has 0 aliphatic rings. The van der Waals surface area contributed by atoms with Gasteiger partial charge in [-0.3, -0.25) is 0 Å². The third kappa shape index (κ3) is 8.70. The van der Waals surface area contributed by atoms with E-state index in [1.165, 1.54) is 0 Å². The first-order valence-corrected chi connectivity index (χ1v) is 3.63. The van der Waals surface area contributed by atoms with Gasteiger partial charge in [0.2, 0.25) is 0 Å². The van der Waals surface area contributed by atoms with Gasteiger partial charge in [0.15, 0.2) is 0 Å². The molecule has 0 bridgehead atoms. The maximum absolute atomic E-state index is 3.57. The monoisotopic (exact) mass is 146 g/mol. The molecule has 0 saturated carbocycles. The molecule has 0 rings (SSSR count). The highest BCUT2D eigenvalue weighted by atomic mass is 13.7. The first kappa shape index (κ1) is 9.70. The number of hydrogen-bond acceptors (Lipinski definition) is 0. The second kappa shape index (κ2) is 8.70. The highest BCUT2D eigenvalue weighted by molar-refractivity contribution is 5.10. The van der Waals surface area contributed by atoms with Gasteiger partial charge in [-0.1, -0.05) is 61.8 Å². The Balaban J connectivity index is 3.44. The molecule has 0 saturated heterocycles. The number of hydrogen-bond donors (Lipinski definition) is 0. The molecule has 11 heavy (non-hydrogen) atoms. The van der Waals surface area contributed by atoms with Crippen LogP contribution in [0.5, 0.6) is 0 Å². The van der Waals surface area contributed by atoms with Gasteiger partial charge in [0, 0.05) is 0 Å². The molecule has 0 fully saturated rings. The SMILES string of the molecule is C=C/C=C\C=C/C/C=C/C=C. The Morgan fingerprint density at radius 1 is 0.727 bits per heavy atom. The fourth-order valence-electron chi connectivity index (χ4n) is 0.553. The van der Waals surface area contributed by atoms with Crippen LogP contribution in [0.1, 0.15) is 6.42 Å². The van der Waals surface area contributed by atoms with Crippen molar-refractivity contribution in [2.45, 2.75) is 6.42 Å². The molecule has 0 aromatic heterocycles. The third-order valence-corrected chi connectivity index (χ3v) is 1.04. The van der Waals surface area contributed by atoms with E-state index in [1.54, 1.807) is 12.2 Å². The minimum Gasteiger partial charge on any atom is -0.0991 e. The Morgan fingerprint density at radius 3 is 2.00 bits per heavy atom. The Hall–Kier alpha value is -1.30. The highest BCUT2D eigenvalue weighted by Crippen LogP contribution is 1.87. The van der Waals surface area contributed by atoms with Crippen molar-refractivity contribution in [3.05, 3.63) is 61.8 Å². The van der Waals surface area contributed by atoms with Crippen LogP contribution in [-0.2, 0) is 0 Å². The van der Waals surface area contributed by atoms with E-state index in [2.05, 4.69) is 19.2 Å². The number of allylic oxidation sites excluding steroid dienone is 8. The van der Waals surface area contributed by atoms with Crippen LogP contribution < -0.4 is 0 Å². The Bertz CT molecular complexity index is 180. The van der Waals surface area contributed by atoms with Crippen molar-refractivity contribution in [3.8, 4) is 0 Å². The molecule has 0 unspecified atom stereocenters. The van der Waals surface area contributed by atoms with Crippen LogP contribution in [-0.4, -0.2) is 0 Å². The van der Waals surface area contributed by atoms with E-state index < -0.39 is 0 Å². The molecule has 0 radical (unpaired) electrons. The summed E-state index contributed by atoms with van der Waals surface area (Å²) in [5, 5.41) is 0. The van der Waals surface area contributed by atoms with Crippen LogP contribution in [0.25, 0.3) is 0 Å². The molecule has 0 amide bonds. The molecule has 0 aromatic carbocycles. The summed E-state index contributed by atoms with van der Waals surface area (Å²) in [4.78, 5) is 0. The minimum absolute atomic E-state index is 0.952. The van der Waals surface area contributed by atoms with Gasteiger partial charge in [0.1, 0.15) is 0 Å². The smallest absolute Gasteiger partial charge is 0.0163 e. The fraction of sp³-hybridized carbons (Fsp3) is 0.0909. The maximum Gasteiger partial charge on any atom is -0.0163 e. The van der Waals surface area contributed by atoms with E-state index in [0.717, 1.165) is 6.42 Å². The van der Waals surface area contributed by atoms with E-state index in [-0.39, 0.29) is 0 Å². The molecule has 0 aromatic rings. The second-order valence-corrected chi connectivity index (χ2v) is 1.95. The van der Waals surface area contributed by atoms with Gasteiger partial charge in [-0.15, -0.1) is 0 Å². The fourth-order valence-corrected chi connectivity index (χ4v) is 0.553. The van der Waals surface area contributed by atoms with E-state index in [1.807, 2.05) is 30.4 Å². The van der Waals surface area contributed by atoms with E-state index >= 15 is 0 Å². The molecular weight excluding hydrogens is 132 g/mol. The Labute approximate surface area is 68.9 Å². The Morgan fingerprint density at radius 2 is 1.36 bits per heavy atom. The van der Waals surface area contributed by atoms with Crippen LogP contribution in [0, 0.1) is 0 Å². The van der Waals surface area contributed by atoms with Gasteiger partial charge < -0.3 is 0 Å². The Kier molecular flexibility index (Phi) is 7.67. The molecule has 0 nitrogen and oxygen atoms in total. The predicted molar refractivity (Wildman–Crippen MR) is 52.4 cm³/mol. The summed E-state index contributed by atoms with van der Waals surface area (Å²) in [6, 6.07) is 0. The quantitative estimate of drug-likeness (QED) is 0.521. The van der Waals surface area contributed by atoms with Crippen molar-refractivity contribution < 1.29 is 0 Å². The predicted octanol–water partition coefficient (Wildman–Crippen LogP) is 3.42. The minimum atomic E-state index is 0.952. The van der Waals surface area contributed by atoms with Crippen LogP contribution in [0.4, 0.5) is 0 Å². The van der Waals surface area contributed by atoms with Gasteiger partial charge in [0.25, 0.3) is 0 Å². The van der Waals surface area contributed by atoms with Crippen molar-refractivity contribution in [1.82, 2.24) is 0 Å². The van der Waals surface area contributed by atoms with E-state index in [0.29, 0.717) is 0 Å². The van der Waals surface area contributed by atoms with Crippen molar-refractivity contribution in [1.29, 1.82) is 0 Å². The van der Waals surface area contributed by atoms with Gasteiger partial charge in [0.05, 0.1) is 0 Å². The summed E-state index contributed by atoms with van der Waals surface area (Å²) in [6.45, 7) is 7.13. The molecule has 0 heterocycles. The lowest BCUT2D eigenvalue weighted by Gasteiger charge is -1.77. The normalized spacial score (nSPS) is 11.6. The van der Waals surface area contributed by atoms with E-state index in [4.69, 9.17) is 0 Å². The molecule has 58 valence electrons. The largest absolute Gasteiger partial charge is 0.0991 e. The van der Waals surface area contributed by atoms with Crippen LogP contribution in [0.15, 0.2) is 61.8 Å². The van der Waals surface area contributed by atoms with Gasteiger partial charge in [-0.2, -0.15) is 0 Å². The maximum atomic E-state index is 3.57. The van der Waals surface area contributed by atoms with E-state index in [9.17, 15) is 0 Å². The highest BCUT2D eigenvalue weighted by Gasteiger charge is 1.65. The van der Waals surface area contributed by atoms with Crippen LogP contribution in [0.2, 0.25) is 0 Å². The molecule has 0 atom stereocenters. The van der Waals surface area contributed by atoms with Gasteiger partial charge >= 0.3 is 0 Å². The zero-order chi connectivity index (χ0) is 8.36. The van der Waals surface area contributed by atoms with Gasteiger partial charge in [-0.25, -0.2) is 0 Å². The molecule has 0 aliphatic heterocycles. The van der Waals surface area contributed by atoms with Crippen LogP contribution >= 0.6 is 0 Å². The average Bonchev–Trinajstić information content (AvgIpc) is 2.03. The summed E-state index contributed by atoms with van der Waals surface area (Å²) in [7, 11) is 0. The summed E-state index contributed by atoms with van der Waals surface area (Å²) >= 11 is 0. The second-order valence-electron chi connectivity index (χ2n) is 1.95. The van der Waals surface area contributed by atoms with Crippen molar-refractivity contribution >= 4 is 0 Å². The third-order valence-electron chi connectivity index (χ3n) is 1.04. The van der Waals surface area contributed by atoms with Crippen molar-refractivity contribution in [2.75, 3.05) is 0 Å². The lowest BCUT2D eigenvalue weighted by Crippen LogP contribution is -1.55. The topological polar surface area (TPSA) is 0 Å². The first-order valence-electron chi connectivity index (χ1n) is 3.63. The summed E-state index contributed by atoms with van der Waals surface area (Å²) in [5.41, 5.74) is 0. The number of rotatable bonds is 5. The first-order chi connectivity index (χ1) is 5.41. The average molecular weight is 146 g/mol. The molecule has 0 N–H and O–H groups in total. The van der Waals surface area contributed by atoms with Crippen molar-refractivity contribution in [3.63, 3.8) is 0 Å². The summed E-state index contributed by atoms with van der Waals surface area (Å²) in [6.07, 6.45) is 16.4. The van der Waals surface area contributed by atoms with Crippen molar-refractivity contribution in [2.24, 2.45) is 0 Å². The summed E-state index contributed by atoms with van der Waals surface area (Å²) < 4.78 is 0. The molecule has 0 heteroatoms. The zero-order valence-corrected chi connectivity index (χ0v) is 6.74. The zero-order valence-electron chi connectivity index (χ0n) is 6.74. The lowest BCUT2D eigenvalue weighted by molar-refractivity contribution is 1.39. The van der Waals surface area contributed by atoms with Gasteiger partial charge in [-0.05, 0) is 6.42 Å². The molecule has 0 aliphatic carbocycles. The summed E-state index contributed by atoms with van der Waals surface area (Å²) in [5.74, 6) is 0. The lowest BCUT2D eigenvalue weighted by atomic mass is 10.3. The molecular formula is C11H14. The van der Waals surface area contributed by atoms with Crippen LogP contribution in [0.3, 0.4) is 0 Å².